The monoisotopic (exact) mass is 478 g/mol. The molecule has 1 aliphatic rings. The molecule has 0 N–H and O–H groups in total. The molecule has 0 bridgehead atoms. The van der Waals surface area contributed by atoms with Gasteiger partial charge in [0.1, 0.15) is 17.4 Å². The molecule has 0 aliphatic carbocycles. The fourth-order valence-electron chi connectivity index (χ4n) is 3.84. The number of morpholine rings is 1. The summed E-state index contributed by atoms with van der Waals surface area (Å²) in [4.78, 5) is 15.6. The van der Waals surface area contributed by atoms with Gasteiger partial charge in [0.2, 0.25) is 11.7 Å². The molecule has 0 amide bonds. The van der Waals surface area contributed by atoms with Gasteiger partial charge in [0, 0.05) is 38.7 Å². The van der Waals surface area contributed by atoms with Crippen LogP contribution in [0.3, 0.4) is 0 Å². The van der Waals surface area contributed by atoms with Crippen LogP contribution in [0.2, 0.25) is 0 Å². The van der Waals surface area contributed by atoms with Crippen molar-refractivity contribution in [1.29, 1.82) is 0 Å². The summed E-state index contributed by atoms with van der Waals surface area (Å²) in [7, 11) is 0. The van der Waals surface area contributed by atoms with E-state index in [1.807, 2.05) is 23.9 Å². The van der Waals surface area contributed by atoms with Gasteiger partial charge in [0.25, 0.3) is 5.89 Å². The molecule has 0 unspecified atom stereocenters. The van der Waals surface area contributed by atoms with Crippen LogP contribution in [0, 0.1) is 6.92 Å². The predicted molar refractivity (Wildman–Crippen MR) is 128 cm³/mol. The Morgan fingerprint density at radius 2 is 1.86 bits per heavy atom. The minimum Gasteiger partial charge on any atom is -0.459 e. The van der Waals surface area contributed by atoms with E-state index in [4.69, 9.17) is 13.9 Å². The van der Waals surface area contributed by atoms with E-state index in [1.165, 1.54) is 13.8 Å². The Morgan fingerprint density at radius 3 is 2.60 bits per heavy atom. The molecular formula is C25H27FN6O3. The second-order valence-corrected chi connectivity index (χ2v) is 8.78. The van der Waals surface area contributed by atoms with E-state index in [0.717, 1.165) is 35.9 Å². The maximum absolute atomic E-state index is 13.7. The molecule has 9 nitrogen and oxygen atoms in total. The summed E-state index contributed by atoms with van der Waals surface area (Å²) in [5.74, 6) is 1.68. The van der Waals surface area contributed by atoms with Crippen LogP contribution in [-0.4, -0.2) is 56.9 Å². The summed E-state index contributed by atoms with van der Waals surface area (Å²) < 4.78 is 32.1. The molecule has 5 rings (SSSR count). The lowest BCUT2D eigenvalue weighted by atomic mass is 10.2. The summed E-state index contributed by atoms with van der Waals surface area (Å²) >= 11 is 0. The van der Waals surface area contributed by atoms with E-state index >= 15 is 0 Å². The zero-order chi connectivity index (χ0) is 24.4. The number of rotatable bonds is 7. The number of aryl methyl sites for hydroxylation is 1. The minimum absolute atomic E-state index is 0.329. The summed E-state index contributed by atoms with van der Waals surface area (Å²) in [6.45, 7) is 8.25. The summed E-state index contributed by atoms with van der Waals surface area (Å²) in [6, 6.07) is 11.0. The molecule has 10 heteroatoms. The Bertz CT molecular complexity index is 1290. The highest BCUT2D eigenvalue weighted by Gasteiger charge is 2.19. The van der Waals surface area contributed by atoms with Gasteiger partial charge >= 0.3 is 0 Å². The quantitative estimate of drug-likeness (QED) is 0.389. The number of alkyl halides is 1. The smallest absolute Gasteiger partial charge is 0.267 e. The van der Waals surface area contributed by atoms with E-state index < -0.39 is 5.85 Å². The van der Waals surface area contributed by atoms with E-state index in [9.17, 15) is 4.39 Å². The van der Waals surface area contributed by atoms with Crippen molar-refractivity contribution in [3.8, 4) is 28.8 Å². The average molecular weight is 479 g/mol. The fraction of sp³-hybridized carbons (Fsp3) is 0.360. The van der Waals surface area contributed by atoms with Gasteiger partial charge in [0.15, 0.2) is 5.76 Å². The van der Waals surface area contributed by atoms with Gasteiger partial charge in [-0.3, -0.25) is 0 Å². The molecule has 1 fully saturated rings. The van der Waals surface area contributed by atoms with Gasteiger partial charge in [-0.15, -0.1) is 5.10 Å². The van der Waals surface area contributed by atoms with Crippen LogP contribution >= 0.6 is 0 Å². The highest BCUT2D eigenvalue weighted by Crippen LogP contribution is 2.28. The number of benzene rings is 1. The number of pyridine rings is 1. The topological polar surface area (TPSA) is 91.3 Å². The maximum Gasteiger partial charge on any atom is 0.267 e. The van der Waals surface area contributed by atoms with Gasteiger partial charge in [0.05, 0.1) is 26.0 Å². The molecule has 3 aromatic heterocycles. The largest absolute Gasteiger partial charge is 0.459 e. The Hall–Kier alpha value is -3.79. The van der Waals surface area contributed by atoms with Crippen LogP contribution < -0.4 is 9.64 Å². The first-order chi connectivity index (χ1) is 16.8. The number of halogens is 1. The fourth-order valence-corrected chi connectivity index (χ4v) is 3.84. The first-order valence-electron chi connectivity index (χ1n) is 11.5. The van der Waals surface area contributed by atoms with Crippen LogP contribution in [0.1, 0.15) is 25.2 Å². The molecule has 0 radical (unpaired) electrons. The van der Waals surface area contributed by atoms with Crippen LogP contribution in [0.15, 0.2) is 53.2 Å². The zero-order valence-electron chi connectivity index (χ0n) is 19.9. The number of nitrogens with zero attached hydrogens (tertiary/aromatic N) is 6. The third-order valence-electron chi connectivity index (χ3n) is 5.53. The van der Waals surface area contributed by atoms with Crippen molar-refractivity contribution < 1.29 is 18.3 Å². The lowest BCUT2D eigenvalue weighted by molar-refractivity contribution is -0.0256. The standard InChI is InChI=1S/C25H27FN6O3/c1-17-29-23(24-28-15-21(34-24)19-4-6-20(7-5-19)35-25(2,3)26)30-32(17)16-18-8-9-27-22(14-18)31-10-12-33-13-11-31/h4-9,14-15H,10-13,16H2,1-3H3. The average Bonchev–Trinajstić information content (AvgIpc) is 3.47. The Labute approximate surface area is 202 Å². The lowest BCUT2D eigenvalue weighted by Crippen LogP contribution is -2.36. The molecular weight excluding hydrogens is 451 g/mol. The molecule has 35 heavy (non-hydrogen) atoms. The Balaban J connectivity index is 1.30. The molecule has 4 heterocycles. The van der Waals surface area contributed by atoms with E-state index in [-0.39, 0.29) is 0 Å². The van der Waals surface area contributed by atoms with E-state index in [0.29, 0.717) is 43.0 Å². The molecule has 4 aromatic rings. The number of oxazole rings is 1. The molecule has 1 saturated heterocycles. The zero-order valence-corrected chi connectivity index (χ0v) is 19.9. The molecule has 0 spiro atoms. The summed E-state index contributed by atoms with van der Waals surface area (Å²) in [6.07, 6.45) is 3.44. The first-order valence-corrected chi connectivity index (χ1v) is 11.5. The molecule has 0 atom stereocenters. The van der Waals surface area contributed by atoms with Crippen molar-refractivity contribution in [2.24, 2.45) is 0 Å². The third-order valence-corrected chi connectivity index (χ3v) is 5.53. The molecule has 1 aliphatic heterocycles. The van der Waals surface area contributed by atoms with Crippen molar-refractivity contribution in [2.45, 2.75) is 33.2 Å². The van der Waals surface area contributed by atoms with Crippen LogP contribution in [0.4, 0.5) is 10.2 Å². The Kier molecular flexibility index (Phi) is 6.21. The lowest BCUT2D eigenvalue weighted by Gasteiger charge is -2.28. The van der Waals surface area contributed by atoms with Gasteiger partial charge in [-0.05, 0) is 48.9 Å². The van der Waals surface area contributed by atoms with Crippen LogP contribution in [0.25, 0.3) is 23.0 Å². The van der Waals surface area contributed by atoms with Gasteiger partial charge < -0.3 is 18.8 Å². The van der Waals surface area contributed by atoms with Crippen molar-refractivity contribution >= 4 is 5.82 Å². The first kappa shape index (κ1) is 23.0. The highest BCUT2D eigenvalue weighted by molar-refractivity contribution is 5.59. The summed E-state index contributed by atoms with van der Waals surface area (Å²) in [5.41, 5.74) is 1.87. The maximum atomic E-state index is 13.7. The van der Waals surface area contributed by atoms with Crippen molar-refractivity contribution in [2.75, 3.05) is 31.2 Å². The minimum atomic E-state index is -1.75. The van der Waals surface area contributed by atoms with E-state index in [2.05, 4.69) is 31.0 Å². The highest BCUT2D eigenvalue weighted by atomic mass is 19.2. The van der Waals surface area contributed by atoms with Crippen LogP contribution in [-0.2, 0) is 11.3 Å². The van der Waals surface area contributed by atoms with Crippen LogP contribution in [0.5, 0.6) is 5.75 Å². The normalized spacial score (nSPS) is 14.3. The van der Waals surface area contributed by atoms with Gasteiger partial charge in [-0.25, -0.2) is 19.6 Å². The third kappa shape index (κ3) is 5.48. The molecule has 182 valence electrons. The second-order valence-electron chi connectivity index (χ2n) is 8.78. The van der Waals surface area contributed by atoms with Gasteiger partial charge in [-0.2, -0.15) is 4.39 Å². The number of ether oxygens (including phenoxy) is 2. The Morgan fingerprint density at radius 1 is 1.09 bits per heavy atom. The van der Waals surface area contributed by atoms with E-state index in [1.54, 1.807) is 30.5 Å². The molecule has 1 aromatic carbocycles. The van der Waals surface area contributed by atoms with Crippen molar-refractivity contribution in [3.63, 3.8) is 0 Å². The number of aromatic nitrogens is 5. The second kappa shape index (κ2) is 9.46. The number of anilines is 1. The molecule has 0 saturated carbocycles. The van der Waals surface area contributed by atoms with Gasteiger partial charge in [-0.1, -0.05) is 0 Å². The number of hydrogen-bond donors (Lipinski definition) is 0. The SMILES string of the molecule is Cc1nc(-c2ncc(-c3ccc(OC(C)(C)F)cc3)o2)nn1Cc1ccnc(N2CCOCC2)c1. The van der Waals surface area contributed by atoms with Crippen molar-refractivity contribution in [3.05, 3.63) is 60.2 Å². The van der Waals surface area contributed by atoms with Crippen molar-refractivity contribution in [1.82, 2.24) is 24.7 Å². The summed E-state index contributed by atoms with van der Waals surface area (Å²) in [5, 5.41) is 4.61. The predicted octanol–water partition coefficient (Wildman–Crippen LogP) is 4.27. The number of hydrogen-bond acceptors (Lipinski definition) is 8.